The summed E-state index contributed by atoms with van der Waals surface area (Å²) >= 11 is 0. The molecule has 0 saturated heterocycles. The Kier molecular flexibility index (Phi) is 4.78. The number of benzene rings is 1. The van der Waals surface area contributed by atoms with Gasteiger partial charge in [0.15, 0.2) is 0 Å². The molecule has 134 valence electrons. The van der Waals surface area contributed by atoms with Gasteiger partial charge in [0.1, 0.15) is 6.10 Å². The van der Waals surface area contributed by atoms with Gasteiger partial charge in [0.05, 0.1) is 11.8 Å². The van der Waals surface area contributed by atoms with Crippen molar-refractivity contribution < 1.29 is 14.3 Å². The molecule has 1 aromatic carbocycles. The maximum absolute atomic E-state index is 13.2. The van der Waals surface area contributed by atoms with Crippen molar-refractivity contribution in [3.05, 3.63) is 29.8 Å². The summed E-state index contributed by atoms with van der Waals surface area (Å²) in [6.07, 6.45) is 8.89. The molecular formula is C21H27NO3. The van der Waals surface area contributed by atoms with Crippen molar-refractivity contribution in [2.24, 2.45) is 11.8 Å². The van der Waals surface area contributed by atoms with E-state index >= 15 is 0 Å². The van der Waals surface area contributed by atoms with Gasteiger partial charge in [0.25, 0.3) is 0 Å². The van der Waals surface area contributed by atoms with E-state index < -0.39 is 0 Å². The van der Waals surface area contributed by atoms with Crippen molar-refractivity contribution in [2.75, 3.05) is 11.4 Å². The average molecular weight is 341 g/mol. The zero-order valence-electron chi connectivity index (χ0n) is 14.8. The zero-order valence-corrected chi connectivity index (χ0v) is 14.8. The van der Waals surface area contributed by atoms with Gasteiger partial charge in [-0.05, 0) is 56.6 Å². The standard InChI is InChI=1S/C21H27NO3/c23-20(22-14-13-15-7-1-6-12-19(15)22)17-10-4-5-11-18(17)21(24)25-16-8-2-3-9-16/h1,6-7,12,16-18H,2-5,8-11,13-14H2/t17-,18-/m1/s1. The van der Waals surface area contributed by atoms with Gasteiger partial charge in [0.2, 0.25) is 5.91 Å². The molecular weight excluding hydrogens is 314 g/mol. The van der Waals surface area contributed by atoms with Crippen molar-refractivity contribution in [2.45, 2.75) is 63.9 Å². The molecule has 4 heteroatoms. The molecule has 0 spiro atoms. The van der Waals surface area contributed by atoms with Gasteiger partial charge >= 0.3 is 5.97 Å². The Labute approximate surface area is 149 Å². The van der Waals surface area contributed by atoms with Gasteiger partial charge < -0.3 is 9.64 Å². The lowest BCUT2D eigenvalue weighted by Gasteiger charge is -2.32. The monoisotopic (exact) mass is 341 g/mol. The summed E-state index contributed by atoms with van der Waals surface area (Å²) in [5.74, 6) is -0.473. The van der Waals surface area contributed by atoms with Crippen LogP contribution in [-0.2, 0) is 20.7 Å². The lowest BCUT2D eigenvalue weighted by molar-refractivity contribution is -0.159. The lowest BCUT2D eigenvalue weighted by atomic mass is 9.78. The molecule has 0 unspecified atom stereocenters. The van der Waals surface area contributed by atoms with E-state index in [1.54, 1.807) is 0 Å². The van der Waals surface area contributed by atoms with Gasteiger partial charge in [-0.3, -0.25) is 9.59 Å². The van der Waals surface area contributed by atoms with Crippen LogP contribution >= 0.6 is 0 Å². The van der Waals surface area contributed by atoms with Gasteiger partial charge in [-0.1, -0.05) is 31.0 Å². The highest BCUT2D eigenvalue weighted by Crippen LogP contribution is 2.37. The molecule has 0 N–H and O–H groups in total. The number of nitrogens with zero attached hydrogens (tertiary/aromatic N) is 1. The quantitative estimate of drug-likeness (QED) is 0.784. The summed E-state index contributed by atoms with van der Waals surface area (Å²) in [6.45, 7) is 0.735. The summed E-state index contributed by atoms with van der Waals surface area (Å²) in [5.41, 5.74) is 2.26. The van der Waals surface area contributed by atoms with Crippen LogP contribution in [0.4, 0.5) is 5.69 Å². The molecule has 0 aromatic heterocycles. The number of carbonyl (C=O) groups is 2. The third kappa shape index (κ3) is 3.31. The van der Waals surface area contributed by atoms with Crippen molar-refractivity contribution in [3.63, 3.8) is 0 Å². The first-order chi connectivity index (χ1) is 12.2. The molecule has 3 aliphatic rings. The predicted octanol–water partition coefficient (Wildman–Crippen LogP) is 3.87. The van der Waals surface area contributed by atoms with Crippen LogP contribution in [0.25, 0.3) is 0 Å². The number of amides is 1. The van der Waals surface area contributed by atoms with E-state index in [4.69, 9.17) is 4.74 Å². The molecule has 1 aliphatic heterocycles. The van der Waals surface area contributed by atoms with Crippen LogP contribution in [0.15, 0.2) is 24.3 Å². The summed E-state index contributed by atoms with van der Waals surface area (Å²) in [4.78, 5) is 27.9. The van der Waals surface area contributed by atoms with Gasteiger partial charge in [-0.25, -0.2) is 0 Å². The second kappa shape index (κ2) is 7.19. The highest BCUT2D eigenvalue weighted by Gasteiger charge is 2.41. The van der Waals surface area contributed by atoms with E-state index in [2.05, 4.69) is 6.07 Å². The Morgan fingerprint density at radius 3 is 2.40 bits per heavy atom. The minimum Gasteiger partial charge on any atom is -0.462 e. The van der Waals surface area contributed by atoms with Crippen molar-refractivity contribution >= 4 is 17.6 Å². The SMILES string of the molecule is O=C(OC1CCCC1)[C@@H]1CCCC[C@H]1C(=O)N1CCc2ccccc21. The number of esters is 1. The Hall–Kier alpha value is -1.84. The predicted molar refractivity (Wildman–Crippen MR) is 96.3 cm³/mol. The van der Waals surface area contributed by atoms with E-state index in [1.807, 2.05) is 23.1 Å². The van der Waals surface area contributed by atoms with Crippen LogP contribution in [0.2, 0.25) is 0 Å². The molecule has 4 nitrogen and oxygen atoms in total. The first kappa shape index (κ1) is 16.6. The minimum absolute atomic E-state index is 0.0812. The zero-order chi connectivity index (χ0) is 17.2. The second-order valence-corrected chi connectivity index (χ2v) is 7.71. The van der Waals surface area contributed by atoms with Gasteiger partial charge in [0, 0.05) is 12.2 Å². The number of rotatable bonds is 3. The van der Waals surface area contributed by atoms with Crippen LogP contribution in [0.1, 0.15) is 56.9 Å². The number of ether oxygens (including phenoxy) is 1. The molecule has 1 aromatic rings. The smallest absolute Gasteiger partial charge is 0.310 e. The van der Waals surface area contributed by atoms with Crippen LogP contribution in [-0.4, -0.2) is 24.5 Å². The Morgan fingerprint density at radius 1 is 0.920 bits per heavy atom. The fourth-order valence-corrected chi connectivity index (χ4v) is 4.73. The summed E-state index contributed by atoms with van der Waals surface area (Å²) in [5, 5.41) is 0. The average Bonchev–Trinajstić information content (AvgIpc) is 3.30. The molecule has 2 atom stereocenters. The van der Waals surface area contributed by atoms with Crippen molar-refractivity contribution in [3.8, 4) is 0 Å². The Morgan fingerprint density at radius 2 is 1.60 bits per heavy atom. The van der Waals surface area contributed by atoms with E-state index in [0.29, 0.717) is 0 Å². The first-order valence-electron chi connectivity index (χ1n) is 9.84. The summed E-state index contributed by atoms with van der Waals surface area (Å²) < 4.78 is 5.75. The number of fused-ring (bicyclic) bond motifs is 1. The van der Waals surface area contributed by atoms with Crippen LogP contribution < -0.4 is 4.90 Å². The fourth-order valence-electron chi connectivity index (χ4n) is 4.73. The molecule has 2 fully saturated rings. The third-order valence-electron chi connectivity index (χ3n) is 6.12. The maximum atomic E-state index is 13.2. The number of hydrogen-bond acceptors (Lipinski definition) is 3. The molecule has 0 radical (unpaired) electrons. The molecule has 0 bridgehead atoms. The molecule has 1 heterocycles. The number of para-hydroxylation sites is 1. The normalized spacial score (nSPS) is 26.5. The summed E-state index contributed by atoms with van der Waals surface area (Å²) in [6, 6.07) is 8.12. The number of anilines is 1. The van der Waals surface area contributed by atoms with Crippen LogP contribution in [0.5, 0.6) is 0 Å². The van der Waals surface area contributed by atoms with E-state index in [-0.39, 0.29) is 29.8 Å². The largest absolute Gasteiger partial charge is 0.462 e. The maximum Gasteiger partial charge on any atom is 0.310 e. The van der Waals surface area contributed by atoms with Crippen molar-refractivity contribution in [1.29, 1.82) is 0 Å². The van der Waals surface area contributed by atoms with Crippen molar-refractivity contribution in [1.82, 2.24) is 0 Å². The molecule has 2 aliphatic carbocycles. The first-order valence-corrected chi connectivity index (χ1v) is 9.84. The minimum atomic E-state index is -0.255. The van der Waals surface area contributed by atoms with Gasteiger partial charge in [-0.2, -0.15) is 0 Å². The number of hydrogen-bond donors (Lipinski definition) is 0. The van der Waals surface area contributed by atoms with Crippen LogP contribution in [0.3, 0.4) is 0 Å². The topological polar surface area (TPSA) is 46.6 Å². The molecule has 4 rings (SSSR count). The second-order valence-electron chi connectivity index (χ2n) is 7.71. The number of carbonyl (C=O) groups excluding carboxylic acids is 2. The lowest BCUT2D eigenvalue weighted by Crippen LogP contribution is -2.43. The highest BCUT2D eigenvalue weighted by atomic mass is 16.5. The van der Waals surface area contributed by atoms with E-state index in [0.717, 1.165) is 70.0 Å². The molecule has 25 heavy (non-hydrogen) atoms. The Bertz CT molecular complexity index is 650. The van der Waals surface area contributed by atoms with Gasteiger partial charge in [-0.15, -0.1) is 0 Å². The van der Waals surface area contributed by atoms with Crippen LogP contribution in [0, 0.1) is 11.8 Å². The highest BCUT2D eigenvalue weighted by molar-refractivity contribution is 5.99. The molecule has 2 saturated carbocycles. The Balaban J connectivity index is 1.49. The van der Waals surface area contributed by atoms with E-state index in [1.165, 1.54) is 5.56 Å². The fraction of sp³-hybridized carbons (Fsp3) is 0.619. The third-order valence-corrected chi connectivity index (χ3v) is 6.12. The molecule has 1 amide bonds. The van der Waals surface area contributed by atoms with E-state index in [9.17, 15) is 9.59 Å². The summed E-state index contributed by atoms with van der Waals surface area (Å²) in [7, 11) is 0.